The van der Waals surface area contributed by atoms with Crippen LogP contribution in [0, 0.1) is 0 Å². The van der Waals surface area contributed by atoms with Gasteiger partial charge in [-0.15, -0.1) is 0 Å². The first kappa shape index (κ1) is 21.7. The van der Waals surface area contributed by atoms with Gasteiger partial charge < -0.3 is 28.9 Å². The number of benzene rings is 1. The molecule has 2 rings (SSSR count). The summed E-state index contributed by atoms with van der Waals surface area (Å²) in [6.07, 6.45) is 13.6. The molecule has 0 unspecified atom stereocenters. The van der Waals surface area contributed by atoms with Gasteiger partial charge in [0.15, 0.2) is 12.4 Å². The topological polar surface area (TPSA) is 7.12 Å². The maximum Gasteiger partial charge on any atom is 0.169 e. The van der Waals surface area contributed by atoms with Crippen molar-refractivity contribution in [2.24, 2.45) is 7.05 Å². The molecule has 0 atom stereocenters. The molecule has 0 N–H and O–H groups in total. The van der Waals surface area contributed by atoms with Gasteiger partial charge in [-0.05, 0) is 30.0 Å². The Labute approximate surface area is 170 Å². The van der Waals surface area contributed by atoms with Crippen LogP contribution >= 0.6 is 0 Å². The second-order valence-electron chi connectivity index (χ2n) is 6.38. The molecule has 1 aromatic heterocycles. The van der Waals surface area contributed by atoms with Crippen LogP contribution in [0.25, 0.3) is 12.2 Å². The van der Waals surface area contributed by atoms with Gasteiger partial charge in [0.25, 0.3) is 0 Å². The fourth-order valence-corrected chi connectivity index (χ4v) is 2.78. The number of hydrogen-bond acceptors (Lipinski definition) is 1. The van der Waals surface area contributed by atoms with Gasteiger partial charge in [0.1, 0.15) is 7.05 Å². The fourth-order valence-electron chi connectivity index (χ4n) is 2.78. The van der Waals surface area contributed by atoms with Crippen molar-refractivity contribution in [3.05, 3.63) is 59.9 Å². The summed E-state index contributed by atoms with van der Waals surface area (Å²) >= 11 is 0. The average Bonchev–Trinajstić information content (AvgIpc) is 2.62. The lowest BCUT2D eigenvalue weighted by atomic mass is 10.1. The van der Waals surface area contributed by atoms with E-state index in [1.165, 1.54) is 42.5 Å². The normalized spacial score (nSPS) is 10.7. The summed E-state index contributed by atoms with van der Waals surface area (Å²) in [5, 5.41) is 0. The number of para-hydroxylation sites is 1. The zero-order chi connectivity index (χ0) is 17.2. The van der Waals surface area contributed by atoms with Gasteiger partial charge in [-0.3, -0.25) is 0 Å². The minimum atomic E-state index is 0. The van der Waals surface area contributed by atoms with Crippen molar-refractivity contribution in [1.29, 1.82) is 0 Å². The molecule has 0 aliphatic carbocycles. The van der Waals surface area contributed by atoms with Crippen molar-refractivity contribution in [2.45, 2.75) is 39.5 Å². The van der Waals surface area contributed by atoms with E-state index in [2.05, 4.69) is 84.3 Å². The van der Waals surface area contributed by atoms with Gasteiger partial charge in [0.2, 0.25) is 0 Å². The molecule has 0 saturated heterocycles. The summed E-state index contributed by atoms with van der Waals surface area (Å²) < 4.78 is 2.06. The zero-order valence-corrected chi connectivity index (χ0v) is 17.9. The first-order valence-corrected chi connectivity index (χ1v) is 9.22. The van der Waals surface area contributed by atoms with Crippen molar-refractivity contribution in [1.82, 2.24) is 0 Å². The highest BCUT2D eigenvalue weighted by Gasteiger charge is 2.08. The molecule has 25 heavy (non-hydrogen) atoms. The molecule has 1 aromatic carbocycles. The van der Waals surface area contributed by atoms with Gasteiger partial charge in [-0.2, -0.15) is 0 Å². The monoisotopic (exact) mass is 450 g/mol. The van der Waals surface area contributed by atoms with Crippen molar-refractivity contribution in [3.63, 3.8) is 0 Å². The van der Waals surface area contributed by atoms with Crippen LogP contribution in [-0.2, 0) is 7.05 Å². The molecular weight excluding hydrogens is 419 g/mol. The van der Waals surface area contributed by atoms with E-state index in [0.29, 0.717) is 0 Å². The van der Waals surface area contributed by atoms with Crippen molar-refractivity contribution >= 4 is 17.8 Å². The van der Waals surface area contributed by atoms with Gasteiger partial charge in [0, 0.05) is 30.9 Å². The number of aromatic nitrogens is 1. The van der Waals surface area contributed by atoms with E-state index in [-0.39, 0.29) is 24.0 Å². The molecule has 0 radical (unpaired) electrons. The number of halogens is 1. The average molecular weight is 450 g/mol. The molecule has 0 fully saturated rings. The molecule has 0 spiro atoms. The molecule has 0 aliphatic heterocycles. The second kappa shape index (κ2) is 12.1. The van der Waals surface area contributed by atoms with Gasteiger partial charge >= 0.3 is 0 Å². The zero-order valence-electron chi connectivity index (χ0n) is 15.8. The molecule has 2 aromatic rings. The highest BCUT2D eigenvalue weighted by molar-refractivity contribution is 5.77. The number of unbranched alkanes of at least 4 members (excludes halogenated alkanes) is 2. The number of aryl methyl sites for hydroxylation is 1. The summed E-state index contributed by atoms with van der Waals surface area (Å²) in [5.74, 6) is 0. The third-order valence-corrected chi connectivity index (χ3v) is 4.30. The summed E-state index contributed by atoms with van der Waals surface area (Å²) in [4.78, 5) is 2.55. The lowest BCUT2D eigenvalue weighted by Crippen LogP contribution is -3.00. The third kappa shape index (κ3) is 7.18. The van der Waals surface area contributed by atoms with Crippen LogP contribution in [0.1, 0.15) is 50.7 Å². The van der Waals surface area contributed by atoms with E-state index in [4.69, 9.17) is 0 Å². The Hall–Kier alpha value is -1.36. The SMILES string of the molecule is CCCCN(CCCC)c1ccccc1/C=C/c1cc[n+](C)cc1.[I-]. The van der Waals surface area contributed by atoms with Crippen molar-refractivity contribution < 1.29 is 28.5 Å². The molecule has 136 valence electrons. The summed E-state index contributed by atoms with van der Waals surface area (Å²) in [5.41, 5.74) is 3.90. The summed E-state index contributed by atoms with van der Waals surface area (Å²) in [6.45, 7) is 6.81. The van der Waals surface area contributed by atoms with Gasteiger partial charge in [-0.1, -0.05) is 57.0 Å². The van der Waals surface area contributed by atoms with Crippen LogP contribution < -0.4 is 33.4 Å². The van der Waals surface area contributed by atoms with E-state index >= 15 is 0 Å². The minimum Gasteiger partial charge on any atom is -1.00 e. The van der Waals surface area contributed by atoms with Crippen LogP contribution in [0.15, 0.2) is 48.8 Å². The third-order valence-electron chi connectivity index (χ3n) is 4.30. The predicted octanol–water partition coefficient (Wildman–Crippen LogP) is 2.09. The molecule has 1 heterocycles. The standard InChI is InChI=1S/C22H31N2.HI/c1-4-6-16-24(17-7-5-2)22-11-9-8-10-21(22)13-12-20-14-18-23(3)19-15-20;/h8-15,18-19H,4-7,16-17H2,1-3H3;1H/q+1;/p-1. The molecule has 2 nitrogen and oxygen atoms in total. The van der Waals surface area contributed by atoms with E-state index in [1.54, 1.807) is 0 Å². The Bertz CT molecular complexity index is 627. The van der Waals surface area contributed by atoms with Crippen LogP contribution in [0.2, 0.25) is 0 Å². The van der Waals surface area contributed by atoms with E-state index in [9.17, 15) is 0 Å². The van der Waals surface area contributed by atoms with E-state index < -0.39 is 0 Å². The highest BCUT2D eigenvalue weighted by Crippen LogP contribution is 2.23. The predicted molar refractivity (Wildman–Crippen MR) is 105 cm³/mol. The Kier molecular flexibility index (Phi) is 10.5. The molecular formula is C22H31IN2. The van der Waals surface area contributed by atoms with E-state index in [0.717, 1.165) is 13.1 Å². The van der Waals surface area contributed by atoms with Crippen LogP contribution in [0.4, 0.5) is 5.69 Å². The number of nitrogens with zero attached hydrogens (tertiary/aromatic N) is 2. The van der Waals surface area contributed by atoms with E-state index in [1.807, 2.05) is 7.05 Å². The number of anilines is 1. The van der Waals surface area contributed by atoms with Crippen molar-refractivity contribution in [3.8, 4) is 0 Å². The number of pyridine rings is 1. The Balaban J connectivity index is 0.00000312. The summed E-state index contributed by atoms with van der Waals surface area (Å²) in [6, 6.07) is 13.1. The first-order valence-electron chi connectivity index (χ1n) is 9.22. The van der Waals surface area contributed by atoms with Crippen molar-refractivity contribution in [2.75, 3.05) is 18.0 Å². The molecule has 0 aliphatic rings. The maximum absolute atomic E-state index is 2.55. The van der Waals surface area contributed by atoms with Crippen LogP contribution in [-0.4, -0.2) is 13.1 Å². The molecule has 0 bridgehead atoms. The quantitative estimate of drug-likeness (QED) is 0.419. The molecule has 3 heteroatoms. The molecule has 0 amide bonds. The smallest absolute Gasteiger partial charge is 0.169 e. The molecule has 0 saturated carbocycles. The Morgan fingerprint density at radius 1 is 0.880 bits per heavy atom. The van der Waals surface area contributed by atoms with Crippen LogP contribution in [0.3, 0.4) is 0 Å². The highest BCUT2D eigenvalue weighted by atomic mass is 127. The minimum absolute atomic E-state index is 0. The largest absolute Gasteiger partial charge is 1.00 e. The maximum atomic E-state index is 2.55. The first-order chi connectivity index (χ1) is 11.7. The van der Waals surface area contributed by atoms with Gasteiger partial charge in [0.05, 0.1) is 0 Å². The fraction of sp³-hybridized carbons (Fsp3) is 0.409. The number of rotatable bonds is 9. The lowest BCUT2D eigenvalue weighted by molar-refractivity contribution is -0.671. The lowest BCUT2D eigenvalue weighted by Gasteiger charge is -2.26. The second-order valence-corrected chi connectivity index (χ2v) is 6.38. The Morgan fingerprint density at radius 2 is 1.48 bits per heavy atom. The number of hydrogen-bond donors (Lipinski definition) is 0. The van der Waals surface area contributed by atoms with Crippen LogP contribution in [0.5, 0.6) is 0 Å². The Morgan fingerprint density at radius 3 is 2.08 bits per heavy atom. The summed E-state index contributed by atoms with van der Waals surface area (Å²) in [7, 11) is 2.04. The van der Waals surface area contributed by atoms with Gasteiger partial charge in [-0.25, -0.2) is 4.57 Å².